The molecular formula is C17H19N5O4. The molecule has 0 radical (unpaired) electrons. The van der Waals surface area contributed by atoms with Crippen molar-refractivity contribution in [3.05, 3.63) is 41.3 Å². The molecule has 0 aliphatic carbocycles. The third-order valence-corrected chi connectivity index (χ3v) is 4.24. The average molecular weight is 357 g/mol. The topological polar surface area (TPSA) is 117 Å². The number of anilines is 1. The van der Waals surface area contributed by atoms with E-state index < -0.39 is 17.9 Å². The molecule has 1 unspecified atom stereocenters. The summed E-state index contributed by atoms with van der Waals surface area (Å²) in [5.41, 5.74) is 0.871. The second kappa shape index (κ2) is 6.95. The third-order valence-electron chi connectivity index (χ3n) is 4.24. The molecule has 2 N–H and O–H groups in total. The van der Waals surface area contributed by atoms with Gasteiger partial charge in [-0.25, -0.2) is 9.78 Å². The van der Waals surface area contributed by atoms with Gasteiger partial charge < -0.3 is 10.4 Å². The van der Waals surface area contributed by atoms with Crippen molar-refractivity contribution in [2.75, 3.05) is 11.4 Å². The van der Waals surface area contributed by atoms with E-state index in [2.05, 4.69) is 15.4 Å². The van der Waals surface area contributed by atoms with Crippen molar-refractivity contribution in [3.8, 4) is 0 Å². The van der Waals surface area contributed by atoms with Gasteiger partial charge in [0.05, 0.1) is 11.3 Å². The lowest BCUT2D eigenvalue weighted by molar-refractivity contribution is -0.121. The van der Waals surface area contributed by atoms with Crippen LogP contribution in [0.15, 0.2) is 24.4 Å². The van der Waals surface area contributed by atoms with Crippen LogP contribution in [-0.4, -0.2) is 50.2 Å². The third kappa shape index (κ3) is 3.41. The van der Waals surface area contributed by atoms with E-state index in [9.17, 15) is 14.4 Å². The van der Waals surface area contributed by atoms with Gasteiger partial charge in [0, 0.05) is 25.9 Å². The fraction of sp³-hybridized carbons (Fsp3) is 0.353. The predicted octanol–water partition coefficient (Wildman–Crippen LogP) is 0.747. The number of rotatable bonds is 4. The van der Waals surface area contributed by atoms with E-state index in [-0.39, 0.29) is 17.2 Å². The summed E-state index contributed by atoms with van der Waals surface area (Å²) in [5, 5.41) is 15.8. The Hall–Kier alpha value is -3.23. The van der Waals surface area contributed by atoms with Crippen LogP contribution >= 0.6 is 0 Å². The number of amides is 2. The molecule has 26 heavy (non-hydrogen) atoms. The number of aryl methyl sites for hydroxylation is 2. The highest BCUT2D eigenvalue weighted by molar-refractivity contribution is 6.02. The Kier molecular flexibility index (Phi) is 4.70. The predicted molar refractivity (Wildman–Crippen MR) is 92.0 cm³/mol. The Morgan fingerprint density at radius 3 is 2.69 bits per heavy atom. The zero-order valence-corrected chi connectivity index (χ0v) is 14.5. The average Bonchev–Trinajstić information content (AvgIpc) is 2.95. The normalized spacial score (nSPS) is 17.2. The first-order valence-corrected chi connectivity index (χ1v) is 8.19. The number of hydrogen-bond donors (Lipinski definition) is 2. The minimum atomic E-state index is -1.17. The van der Waals surface area contributed by atoms with Gasteiger partial charge in [-0.1, -0.05) is 0 Å². The maximum absolute atomic E-state index is 12.8. The van der Waals surface area contributed by atoms with Crippen LogP contribution in [0.2, 0.25) is 0 Å². The van der Waals surface area contributed by atoms with E-state index in [0.717, 1.165) is 12.1 Å². The molecule has 9 nitrogen and oxygen atoms in total. The Bertz CT molecular complexity index is 859. The number of piperidine rings is 1. The van der Waals surface area contributed by atoms with Crippen molar-refractivity contribution in [2.24, 2.45) is 7.05 Å². The molecule has 9 heteroatoms. The Balaban J connectivity index is 1.72. The monoisotopic (exact) mass is 357 g/mol. The first kappa shape index (κ1) is 17.6. The zero-order valence-electron chi connectivity index (χ0n) is 14.5. The van der Waals surface area contributed by atoms with Gasteiger partial charge in [0.25, 0.3) is 11.8 Å². The van der Waals surface area contributed by atoms with Gasteiger partial charge in [-0.3, -0.25) is 19.2 Å². The van der Waals surface area contributed by atoms with Crippen molar-refractivity contribution >= 4 is 23.6 Å². The lowest BCUT2D eigenvalue weighted by atomic mass is 10.0. The molecule has 2 aromatic heterocycles. The van der Waals surface area contributed by atoms with Gasteiger partial charge >= 0.3 is 5.97 Å². The number of pyridine rings is 1. The van der Waals surface area contributed by atoms with Crippen molar-refractivity contribution in [1.29, 1.82) is 0 Å². The number of carboxylic acids is 1. The van der Waals surface area contributed by atoms with Crippen LogP contribution in [-0.2, 0) is 11.8 Å². The van der Waals surface area contributed by atoms with Crippen LogP contribution in [0, 0.1) is 6.92 Å². The standard InChI is InChI=1S/C17H19N5O4/c1-10-8-14(21(2)20-10)22-7-3-4-12(16(22)24)19-15(23)11-5-6-13(17(25)26)18-9-11/h5-6,8-9,12H,3-4,7H2,1-2H3,(H,19,23)(H,25,26). The van der Waals surface area contributed by atoms with Crippen LogP contribution in [0.5, 0.6) is 0 Å². The molecule has 3 rings (SSSR count). The van der Waals surface area contributed by atoms with Crippen molar-refractivity contribution in [3.63, 3.8) is 0 Å². The summed E-state index contributed by atoms with van der Waals surface area (Å²) in [6.45, 7) is 2.42. The van der Waals surface area contributed by atoms with Crippen molar-refractivity contribution in [2.45, 2.75) is 25.8 Å². The van der Waals surface area contributed by atoms with Gasteiger partial charge in [-0.05, 0) is 31.9 Å². The Morgan fingerprint density at radius 1 is 1.35 bits per heavy atom. The fourth-order valence-corrected chi connectivity index (χ4v) is 2.98. The molecule has 0 aromatic carbocycles. The number of nitrogens with zero attached hydrogens (tertiary/aromatic N) is 4. The summed E-state index contributed by atoms with van der Waals surface area (Å²) in [7, 11) is 1.77. The molecule has 1 saturated heterocycles. The van der Waals surface area contributed by atoms with Gasteiger partial charge in [-0.15, -0.1) is 0 Å². The molecule has 136 valence electrons. The SMILES string of the molecule is Cc1cc(N2CCCC(NC(=O)c3ccc(C(=O)O)nc3)C2=O)n(C)n1. The summed E-state index contributed by atoms with van der Waals surface area (Å²) in [6.07, 6.45) is 2.48. The Morgan fingerprint density at radius 2 is 2.12 bits per heavy atom. The number of aromatic carboxylic acids is 1. The number of carbonyl (C=O) groups excluding carboxylic acids is 2. The van der Waals surface area contributed by atoms with Gasteiger partial charge in [0.1, 0.15) is 17.6 Å². The zero-order chi connectivity index (χ0) is 18.8. The molecule has 1 fully saturated rings. The van der Waals surface area contributed by atoms with Crippen molar-refractivity contribution < 1.29 is 19.5 Å². The molecule has 1 aliphatic heterocycles. The van der Waals surface area contributed by atoms with Crippen molar-refractivity contribution in [1.82, 2.24) is 20.1 Å². The number of carboxylic acid groups (broad SMARTS) is 1. The first-order valence-electron chi connectivity index (χ1n) is 8.19. The van der Waals surface area contributed by atoms with Crippen LogP contribution in [0.4, 0.5) is 5.82 Å². The summed E-state index contributed by atoms with van der Waals surface area (Å²) in [4.78, 5) is 41.3. The lowest BCUT2D eigenvalue weighted by Gasteiger charge is -2.32. The van der Waals surface area contributed by atoms with Gasteiger partial charge in [0.2, 0.25) is 0 Å². The van der Waals surface area contributed by atoms with Crippen LogP contribution in [0.25, 0.3) is 0 Å². The second-order valence-electron chi connectivity index (χ2n) is 6.16. The first-order chi connectivity index (χ1) is 12.4. The molecule has 0 spiro atoms. The molecule has 2 amide bonds. The van der Waals surface area contributed by atoms with E-state index in [1.807, 2.05) is 13.0 Å². The van der Waals surface area contributed by atoms with Gasteiger partial charge in [-0.2, -0.15) is 5.10 Å². The summed E-state index contributed by atoms with van der Waals surface area (Å²) in [5.74, 6) is -1.13. The summed E-state index contributed by atoms with van der Waals surface area (Å²) >= 11 is 0. The maximum atomic E-state index is 12.8. The maximum Gasteiger partial charge on any atom is 0.354 e. The highest BCUT2D eigenvalue weighted by atomic mass is 16.4. The smallest absolute Gasteiger partial charge is 0.354 e. The van der Waals surface area contributed by atoms with E-state index in [1.165, 1.54) is 18.3 Å². The van der Waals surface area contributed by atoms with E-state index >= 15 is 0 Å². The van der Waals surface area contributed by atoms with Gasteiger partial charge in [0.15, 0.2) is 0 Å². The van der Waals surface area contributed by atoms with E-state index in [0.29, 0.717) is 18.8 Å². The van der Waals surface area contributed by atoms with E-state index in [4.69, 9.17) is 5.11 Å². The summed E-state index contributed by atoms with van der Waals surface area (Å²) in [6, 6.07) is 3.81. The Labute approximate surface area is 149 Å². The van der Waals surface area contributed by atoms with Crippen LogP contribution < -0.4 is 10.2 Å². The number of nitrogens with one attached hydrogen (secondary N) is 1. The molecule has 1 atom stereocenters. The fourth-order valence-electron chi connectivity index (χ4n) is 2.98. The van der Waals surface area contributed by atoms with E-state index in [1.54, 1.807) is 16.6 Å². The van der Waals surface area contributed by atoms with Crippen LogP contribution in [0.1, 0.15) is 39.4 Å². The largest absolute Gasteiger partial charge is 0.477 e. The molecule has 2 aromatic rings. The molecular weight excluding hydrogens is 338 g/mol. The van der Waals surface area contributed by atoms with Crippen LogP contribution in [0.3, 0.4) is 0 Å². The quantitative estimate of drug-likeness (QED) is 0.834. The molecule has 1 aliphatic rings. The molecule has 0 saturated carbocycles. The minimum absolute atomic E-state index is 0.145. The second-order valence-corrected chi connectivity index (χ2v) is 6.16. The number of aromatic nitrogens is 3. The highest BCUT2D eigenvalue weighted by Gasteiger charge is 2.32. The highest BCUT2D eigenvalue weighted by Crippen LogP contribution is 2.21. The number of hydrogen-bond acceptors (Lipinski definition) is 5. The lowest BCUT2D eigenvalue weighted by Crippen LogP contribution is -2.52. The molecule has 0 bridgehead atoms. The summed E-state index contributed by atoms with van der Waals surface area (Å²) < 4.78 is 1.64. The molecule has 3 heterocycles. The number of carbonyl (C=O) groups is 3. The minimum Gasteiger partial charge on any atom is -0.477 e.